The molecule has 2 rings (SSSR count). The number of nitrogens with one attached hydrogen (secondary N) is 1. The van der Waals surface area contributed by atoms with Gasteiger partial charge >= 0.3 is 0 Å². The molecular formula is C13H12BrN3O4. The molecule has 7 nitrogen and oxygen atoms in total. The molecule has 8 heteroatoms. The van der Waals surface area contributed by atoms with Crippen molar-refractivity contribution in [3.8, 4) is 5.75 Å². The minimum atomic E-state index is -0.291. The van der Waals surface area contributed by atoms with Gasteiger partial charge in [-0.05, 0) is 46.3 Å². The van der Waals surface area contributed by atoms with Crippen LogP contribution in [0.5, 0.6) is 5.75 Å². The molecule has 0 radical (unpaired) electrons. The number of carbonyl (C=O) groups is 1. The van der Waals surface area contributed by atoms with Crippen molar-refractivity contribution in [1.82, 2.24) is 0 Å². The maximum absolute atomic E-state index is 11.9. The normalized spacial score (nSPS) is 11.2. The van der Waals surface area contributed by atoms with Crippen LogP contribution in [0.15, 0.2) is 50.8 Å². The van der Waals surface area contributed by atoms with E-state index < -0.39 is 0 Å². The molecule has 1 aromatic carbocycles. The number of carbonyl (C=O) groups excluding carboxylic acids is 1. The third-order valence-corrected chi connectivity index (χ3v) is 3.10. The van der Waals surface area contributed by atoms with Crippen LogP contribution in [0.2, 0.25) is 0 Å². The first-order chi connectivity index (χ1) is 10.1. The van der Waals surface area contributed by atoms with Crippen molar-refractivity contribution in [2.24, 2.45) is 10.9 Å². The molecule has 0 saturated carbocycles. The Labute approximate surface area is 128 Å². The molecule has 0 saturated heterocycles. The maximum atomic E-state index is 11.9. The van der Waals surface area contributed by atoms with Gasteiger partial charge in [-0.25, -0.2) is 0 Å². The van der Waals surface area contributed by atoms with E-state index in [1.165, 1.54) is 6.26 Å². The molecule has 1 amide bonds. The van der Waals surface area contributed by atoms with Crippen LogP contribution >= 0.6 is 15.9 Å². The van der Waals surface area contributed by atoms with Gasteiger partial charge in [0.05, 0.1) is 11.8 Å². The summed E-state index contributed by atoms with van der Waals surface area (Å²) >= 11 is 3.14. The zero-order valence-corrected chi connectivity index (χ0v) is 12.3. The molecule has 0 aliphatic rings. The fourth-order valence-corrected chi connectivity index (χ4v) is 1.89. The quantitative estimate of drug-likeness (QED) is 0.331. The number of anilines is 1. The Hall–Kier alpha value is -2.48. The average Bonchev–Trinajstić information content (AvgIpc) is 2.92. The lowest BCUT2D eigenvalue weighted by atomic mass is 10.2. The third-order valence-electron chi connectivity index (χ3n) is 2.49. The Morgan fingerprint density at radius 1 is 1.38 bits per heavy atom. The van der Waals surface area contributed by atoms with E-state index in [4.69, 9.17) is 20.1 Å². The highest BCUT2D eigenvalue weighted by Gasteiger charge is 2.12. The van der Waals surface area contributed by atoms with E-state index in [1.807, 2.05) is 0 Å². The molecule has 0 aliphatic carbocycles. The van der Waals surface area contributed by atoms with Crippen molar-refractivity contribution in [2.75, 3.05) is 11.9 Å². The predicted octanol–water partition coefficient (Wildman–Crippen LogP) is 2.42. The Morgan fingerprint density at radius 2 is 2.10 bits per heavy atom. The molecule has 0 unspecified atom stereocenters. The average molecular weight is 354 g/mol. The molecule has 110 valence electrons. The number of hydrogen-bond donors (Lipinski definition) is 3. The van der Waals surface area contributed by atoms with Gasteiger partial charge in [-0.2, -0.15) is 0 Å². The van der Waals surface area contributed by atoms with E-state index in [-0.39, 0.29) is 18.3 Å². The second kappa shape index (κ2) is 6.80. The fraction of sp³-hybridized carbons (Fsp3) is 0.0769. The van der Waals surface area contributed by atoms with Crippen LogP contribution in [0.25, 0.3) is 0 Å². The molecule has 4 N–H and O–H groups in total. The number of nitrogens with two attached hydrogens (primary N) is 1. The molecule has 1 heterocycles. The van der Waals surface area contributed by atoms with Crippen LogP contribution in [0, 0.1) is 0 Å². The predicted molar refractivity (Wildman–Crippen MR) is 79.7 cm³/mol. The van der Waals surface area contributed by atoms with Gasteiger partial charge in [0.1, 0.15) is 12.4 Å². The summed E-state index contributed by atoms with van der Waals surface area (Å²) in [5, 5.41) is 13.9. The van der Waals surface area contributed by atoms with Crippen LogP contribution in [0.3, 0.4) is 0 Å². The van der Waals surface area contributed by atoms with Crippen molar-refractivity contribution in [3.05, 3.63) is 46.8 Å². The second-order valence-corrected chi connectivity index (χ2v) is 4.69. The summed E-state index contributed by atoms with van der Waals surface area (Å²) in [5.41, 5.74) is 6.30. The van der Waals surface area contributed by atoms with Gasteiger partial charge in [0.25, 0.3) is 5.91 Å². The van der Waals surface area contributed by atoms with E-state index in [0.29, 0.717) is 21.7 Å². The molecule has 0 aliphatic heterocycles. The SMILES string of the molecule is N/C(COc1ccc(NC(=O)c2ccoc2Br)cc1)=N/O. The van der Waals surface area contributed by atoms with Gasteiger partial charge in [0.2, 0.25) is 0 Å². The highest BCUT2D eigenvalue weighted by Crippen LogP contribution is 2.20. The van der Waals surface area contributed by atoms with Crippen molar-refractivity contribution in [2.45, 2.75) is 0 Å². The fourth-order valence-electron chi connectivity index (χ4n) is 1.47. The summed E-state index contributed by atoms with van der Waals surface area (Å²) in [6, 6.07) is 8.23. The highest BCUT2D eigenvalue weighted by molar-refractivity contribution is 9.10. The van der Waals surface area contributed by atoms with Gasteiger partial charge < -0.3 is 25.4 Å². The van der Waals surface area contributed by atoms with Crippen molar-refractivity contribution in [3.63, 3.8) is 0 Å². The Bertz CT molecular complexity index is 652. The molecule has 21 heavy (non-hydrogen) atoms. The Balaban J connectivity index is 1.96. The number of amidine groups is 1. The van der Waals surface area contributed by atoms with E-state index in [0.717, 1.165) is 0 Å². The molecule has 0 spiro atoms. The first-order valence-corrected chi connectivity index (χ1v) is 6.63. The number of rotatable bonds is 5. The van der Waals surface area contributed by atoms with E-state index >= 15 is 0 Å². The number of halogens is 1. The summed E-state index contributed by atoms with van der Waals surface area (Å²) in [6.07, 6.45) is 1.42. The van der Waals surface area contributed by atoms with Crippen molar-refractivity contribution < 1.29 is 19.2 Å². The van der Waals surface area contributed by atoms with Crippen molar-refractivity contribution in [1.29, 1.82) is 0 Å². The zero-order valence-electron chi connectivity index (χ0n) is 10.7. The summed E-state index contributed by atoms with van der Waals surface area (Å²) in [4.78, 5) is 11.9. The summed E-state index contributed by atoms with van der Waals surface area (Å²) in [7, 11) is 0. The summed E-state index contributed by atoms with van der Waals surface area (Å²) in [5.74, 6) is 0.210. The smallest absolute Gasteiger partial charge is 0.260 e. The molecular weight excluding hydrogens is 342 g/mol. The van der Waals surface area contributed by atoms with E-state index in [2.05, 4.69) is 26.4 Å². The maximum Gasteiger partial charge on any atom is 0.260 e. The van der Waals surface area contributed by atoms with Gasteiger partial charge in [-0.15, -0.1) is 0 Å². The van der Waals surface area contributed by atoms with Crippen molar-refractivity contribution >= 4 is 33.4 Å². The number of oxime groups is 1. The molecule has 0 bridgehead atoms. The van der Waals surface area contributed by atoms with Crippen LogP contribution in [-0.4, -0.2) is 23.6 Å². The molecule has 0 atom stereocenters. The topological polar surface area (TPSA) is 110 Å². The molecule has 1 aromatic heterocycles. The van der Waals surface area contributed by atoms with Crippen LogP contribution in [0.1, 0.15) is 10.4 Å². The van der Waals surface area contributed by atoms with Crippen LogP contribution < -0.4 is 15.8 Å². The number of hydrogen-bond acceptors (Lipinski definition) is 5. The van der Waals surface area contributed by atoms with Crippen LogP contribution in [0.4, 0.5) is 5.69 Å². The lowest BCUT2D eigenvalue weighted by molar-refractivity contribution is 0.102. The van der Waals surface area contributed by atoms with Gasteiger partial charge in [0.15, 0.2) is 10.5 Å². The largest absolute Gasteiger partial charge is 0.486 e. The summed E-state index contributed by atoms with van der Waals surface area (Å²) < 4.78 is 10.6. The Kier molecular flexibility index (Phi) is 4.83. The minimum absolute atomic E-state index is 0.0236. The van der Waals surface area contributed by atoms with Gasteiger partial charge in [0, 0.05) is 5.69 Å². The van der Waals surface area contributed by atoms with E-state index in [1.54, 1.807) is 30.3 Å². The number of amides is 1. The minimum Gasteiger partial charge on any atom is -0.486 e. The van der Waals surface area contributed by atoms with Gasteiger partial charge in [-0.1, -0.05) is 5.16 Å². The third kappa shape index (κ3) is 3.99. The highest BCUT2D eigenvalue weighted by atomic mass is 79.9. The number of ether oxygens (including phenoxy) is 1. The monoisotopic (exact) mass is 353 g/mol. The van der Waals surface area contributed by atoms with E-state index in [9.17, 15) is 4.79 Å². The number of nitrogens with zero attached hydrogens (tertiary/aromatic N) is 1. The standard InChI is InChI=1S/C13H12BrN3O4/c14-12-10(5-6-20-12)13(18)16-8-1-3-9(4-2-8)21-7-11(15)17-19/h1-6,19H,7H2,(H2,15,17)(H,16,18). The molecule has 2 aromatic rings. The zero-order chi connectivity index (χ0) is 15.2. The van der Waals surface area contributed by atoms with Crippen LogP contribution in [-0.2, 0) is 0 Å². The lowest BCUT2D eigenvalue weighted by Gasteiger charge is -2.07. The number of furan rings is 1. The number of benzene rings is 1. The lowest BCUT2D eigenvalue weighted by Crippen LogP contribution is -2.20. The van der Waals surface area contributed by atoms with Gasteiger partial charge in [-0.3, -0.25) is 4.79 Å². The first-order valence-electron chi connectivity index (χ1n) is 5.83. The first kappa shape index (κ1) is 14.9. The molecule has 0 fully saturated rings. The summed E-state index contributed by atoms with van der Waals surface area (Å²) in [6.45, 7) is -0.0236. The Morgan fingerprint density at radius 3 is 2.67 bits per heavy atom. The second-order valence-electron chi connectivity index (χ2n) is 3.97.